The summed E-state index contributed by atoms with van der Waals surface area (Å²) in [7, 11) is 0. The second kappa shape index (κ2) is 11.1. The standard InChI is InChI=1S/C5H8O2.C2H3Cl/c1-3-5(6)7-4-2;1-2-3/h3H,1,4H2,2H3;2H,1H2. The molecule has 10 heavy (non-hydrogen) atoms. The van der Waals surface area contributed by atoms with Gasteiger partial charge in [0.1, 0.15) is 0 Å². The maximum atomic E-state index is 10.1. The molecule has 0 aromatic carbocycles. The molecule has 0 aromatic rings. The summed E-state index contributed by atoms with van der Waals surface area (Å²) in [6.07, 6.45) is 1.14. The fourth-order valence-electron chi connectivity index (χ4n) is 0.201. The molecule has 0 heterocycles. The second-order valence-electron chi connectivity index (χ2n) is 1.11. The average molecular weight is 163 g/mol. The van der Waals surface area contributed by atoms with Gasteiger partial charge in [-0.1, -0.05) is 24.8 Å². The average Bonchev–Trinajstić information content (AvgIpc) is 1.90. The normalized spacial score (nSPS) is 6.60. The molecule has 0 saturated carbocycles. The van der Waals surface area contributed by atoms with Gasteiger partial charge < -0.3 is 4.74 Å². The number of rotatable bonds is 2. The number of hydrogen-bond acceptors (Lipinski definition) is 2. The first-order valence-electron chi connectivity index (χ1n) is 2.73. The quantitative estimate of drug-likeness (QED) is 0.459. The lowest BCUT2D eigenvalue weighted by molar-refractivity contribution is -0.137. The molecule has 0 aliphatic carbocycles. The van der Waals surface area contributed by atoms with Crippen molar-refractivity contribution in [1.29, 1.82) is 0 Å². The molecule has 0 amide bonds. The van der Waals surface area contributed by atoms with Crippen LogP contribution in [0.5, 0.6) is 0 Å². The van der Waals surface area contributed by atoms with Crippen LogP contribution in [0.4, 0.5) is 0 Å². The minimum absolute atomic E-state index is 0.359. The van der Waals surface area contributed by atoms with E-state index in [0.29, 0.717) is 6.61 Å². The van der Waals surface area contributed by atoms with Crippen molar-refractivity contribution >= 4 is 17.6 Å². The van der Waals surface area contributed by atoms with Crippen molar-refractivity contribution in [2.75, 3.05) is 6.61 Å². The van der Waals surface area contributed by atoms with Crippen LogP contribution in [0.1, 0.15) is 6.92 Å². The Morgan fingerprint density at radius 3 is 2.20 bits per heavy atom. The molecule has 0 aliphatic rings. The van der Waals surface area contributed by atoms with Crippen molar-refractivity contribution in [3.63, 3.8) is 0 Å². The zero-order valence-electron chi connectivity index (χ0n) is 5.97. The number of esters is 1. The van der Waals surface area contributed by atoms with E-state index in [1.807, 2.05) is 0 Å². The van der Waals surface area contributed by atoms with Crippen LogP contribution in [-0.2, 0) is 9.53 Å². The summed E-state index contributed by atoms with van der Waals surface area (Å²) in [5.74, 6) is -0.359. The highest BCUT2D eigenvalue weighted by Crippen LogP contribution is 1.74. The van der Waals surface area contributed by atoms with Crippen LogP contribution in [0.15, 0.2) is 24.8 Å². The van der Waals surface area contributed by atoms with Gasteiger partial charge in [-0.15, -0.1) is 0 Å². The van der Waals surface area contributed by atoms with E-state index < -0.39 is 0 Å². The van der Waals surface area contributed by atoms with Crippen molar-refractivity contribution in [2.45, 2.75) is 6.92 Å². The monoisotopic (exact) mass is 162 g/mol. The van der Waals surface area contributed by atoms with Crippen molar-refractivity contribution in [2.24, 2.45) is 0 Å². The third-order valence-corrected chi connectivity index (χ3v) is 0.453. The Morgan fingerprint density at radius 2 is 2.10 bits per heavy atom. The van der Waals surface area contributed by atoms with Crippen LogP contribution in [-0.4, -0.2) is 12.6 Å². The predicted molar refractivity (Wildman–Crippen MR) is 42.9 cm³/mol. The molecule has 2 nitrogen and oxygen atoms in total. The molecule has 0 aliphatic heterocycles. The van der Waals surface area contributed by atoms with E-state index >= 15 is 0 Å². The first kappa shape index (κ1) is 12.0. The minimum Gasteiger partial charge on any atom is -0.463 e. The first-order valence-corrected chi connectivity index (χ1v) is 3.16. The Morgan fingerprint density at radius 1 is 1.70 bits per heavy atom. The number of carbonyl (C=O) groups is 1. The molecule has 3 heteroatoms. The zero-order valence-corrected chi connectivity index (χ0v) is 6.73. The molecule has 0 saturated heterocycles. The lowest BCUT2D eigenvalue weighted by Crippen LogP contribution is -1.97. The maximum Gasteiger partial charge on any atom is 0.330 e. The van der Waals surface area contributed by atoms with Crippen LogP contribution in [0.2, 0.25) is 0 Å². The van der Waals surface area contributed by atoms with Gasteiger partial charge in [-0.05, 0) is 12.5 Å². The summed E-state index contributed by atoms with van der Waals surface area (Å²) in [4.78, 5) is 10.1. The maximum absolute atomic E-state index is 10.1. The molecule has 0 N–H and O–H groups in total. The zero-order chi connectivity index (χ0) is 8.41. The van der Waals surface area contributed by atoms with Crippen LogP contribution in [0.25, 0.3) is 0 Å². The molecular formula is C7H11ClO2. The van der Waals surface area contributed by atoms with Gasteiger partial charge in [0.05, 0.1) is 6.61 Å². The summed E-state index contributed by atoms with van der Waals surface area (Å²) < 4.78 is 4.43. The van der Waals surface area contributed by atoms with E-state index in [9.17, 15) is 4.79 Å². The second-order valence-corrected chi connectivity index (χ2v) is 1.42. The number of halogens is 1. The fraction of sp³-hybridized carbons (Fsp3) is 0.286. The molecule has 0 fully saturated rings. The summed E-state index contributed by atoms with van der Waals surface area (Å²) in [5.41, 5.74) is 1.22. The van der Waals surface area contributed by atoms with Crippen molar-refractivity contribution < 1.29 is 9.53 Å². The minimum atomic E-state index is -0.359. The van der Waals surface area contributed by atoms with Gasteiger partial charge in [0.2, 0.25) is 0 Å². The van der Waals surface area contributed by atoms with Crippen LogP contribution < -0.4 is 0 Å². The Kier molecular flexibility index (Phi) is 13.3. The Labute approximate surface area is 66.1 Å². The molecule has 0 unspecified atom stereocenters. The van der Waals surface area contributed by atoms with E-state index in [0.717, 1.165) is 6.08 Å². The van der Waals surface area contributed by atoms with Crippen LogP contribution >= 0.6 is 11.6 Å². The summed E-state index contributed by atoms with van der Waals surface area (Å²) >= 11 is 4.76. The summed E-state index contributed by atoms with van der Waals surface area (Å²) in [5, 5.41) is 0. The number of ether oxygens (including phenoxy) is 1. The number of carbonyl (C=O) groups excluding carboxylic acids is 1. The molecule has 0 bridgehead atoms. The van der Waals surface area contributed by atoms with E-state index in [-0.39, 0.29) is 5.97 Å². The lowest BCUT2D eigenvalue weighted by atomic mass is 10.6. The molecule has 0 atom stereocenters. The Bertz CT molecular complexity index is 110. The molecule has 0 aromatic heterocycles. The van der Waals surface area contributed by atoms with Gasteiger partial charge in [-0.2, -0.15) is 0 Å². The molecular weight excluding hydrogens is 152 g/mol. The number of hydrogen-bond donors (Lipinski definition) is 0. The van der Waals surface area contributed by atoms with Gasteiger partial charge in [-0.25, -0.2) is 4.79 Å². The van der Waals surface area contributed by atoms with E-state index in [1.54, 1.807) is 6.92 Å². The van der Waals surface area contributed by atoms with Crippen LogP contribution in [0.3, 0.4) is 0 Å². The van der Waals surface area contributed by atoms with Crippen molar-refractivity contribution in [3.05, 3.63) is 24.8 Å². The third kappa shape index (κ3) is 15.7. The molecule has 0 spiro atoms. The van der Waals surface area contributed by atoms with Gasteiger partial charge in [0.15, 0.2) is 0 Å². The molecule has 58 valence electrons. The van der Waals surface area contributed by atoms with Gasteiger partial charge >= 0.3 is 5.97 Å². The van der Waals surface area contributed by atoms with E-state index in [4.69, 9.17) is 11.6 Å². The van der Waals surface area contributed by atoms with Crippen LogP contribution in [0, 0.1) is 0 Å². The lowest BCUT2D eigenvalue weighted by Gasteiger charge is -1.90. The summed E-state index contributed by atoms with van der Waals surface area (Å²) in [6.45, 7) is 8.50. The summed E-state index contributed by atoms with van der Waals surface area (Å²) in [6, 6.07) is 0. The Balaban J connectivity index is 0. The highest BCUT2D eigenvalue weighted by Gasteiger charge is 1.86. The van der Waals surface area contributed by atoms with E-state index in [2.05, 4.69) is 17.9 Å². The van der Waals surface area contributed by atoms with Gasteiger partial charge in [0.25, 0.3) is 0 Å². The largest absolute Gasteiger partial charge is 0.463 e. The topological polar surface area (TPSA) is 26.3 Å². The molecule has 0 radical (unpaired) electrons. The predicted octanol–water partition coefficient (Wildman–Crippen LogP) is 2.10. The first-order chi connectivity index (χ1) is 4.72. The van der Waals surface area contributed by atoms with Crippen molar-refractivity contribution in [1.82, 2.24) is 0 Å². The SMILES string of the molecule is C=CC(=O)OCC.C=CCl. The highest BCUT2D eigenvalue weighted by molar-refractivity contribution is 6.25. The fourth-order valence-corrected chi connectivity index (χ4v) is 0.201. The Hall–Kier alpha value is -0.760. The third-order valence-electron chi connectivity index (χ3n) is 0.453. The van der Waals surface area contributed by atoms with Gasteiger partial charge in [0, 0.05) is 6.08 Å². The van der Waals surface area contributed by atoms with Crippen molar-refractivity contribution in [3.8, 4) is 0 Å². The highest BCUT2D eigenvalue weighted by atomic mass is 35.5. The van der Waals surface area contributed by atoms with E-state index in [1.165, 1.54) is 5.54 Å². The van der Waals surface area contributed by atoms with Gasteiger partial charge in [-0.3, -0.25) is 0 Å². The smallest absolute Gasteiger partial charge is 0.330 e. The molecule has 0 rings (SSSR count).